The van der Waals surface area contributed by atoms with Crippen LogP contribution in [0.2, 0.25) is 0 Å². The quantitative estimate of drug-likeness (QED) is 0.438. The zero-order valence-corrected chi connectivity index (χ0v) is 16.1. The first-order valence-corrected chi connectivity index (χ1v) is 10.1. The van der Waals surface area contributed by atoms with E-state index in [9.17, 15) is 0 Å². The maximum Gasteiger partial charge on any atom is 0.128 e. The molecule has 0 radical (unpaired) electrons. The van der Waals surface area contributed by atoms with Gasteiger partial charge in [-0.05, 0) is 42.9 Å². The third-order valence-electron chi connectivity index (χ3n) is 4.74. The number of aryl methyl sites for hydroxylation is 2. The Hall–Kier alpha value is -1.83. The second-order valence-corrected chi connectivity index (χ2v) is 6.91. The Kier molecular flexibility index (Phi) is 9.11. The van der Waals surface area contributed by atoms with Gasteiger partial charge in [-0.25, -0.2) is 4.98 Å². The summed E-state index contributed by atoms with van der Waals surface area (Å²) in [6.45, 7) is 6.80. The number of benzene rings is 1. The molecule has 2 heteroatoms. The van der Waals surface area contributed by atoms with Gasteiger partial charge in [0.15, 0.2) is 0 Å². The number of aromatic nitrogens is 1. The molecule has 2 aromatic rings. The number of pyridine rings is 1. The smallest absolute Gasteiger partial charge is 0.128 e. The Bertz CT molecular complexity index is 552. The van der Waals surface area contributed by atoms with E-state index in [4.69, 9.17) is 4.98 Å². The first kappa shape index (κ1) is 19.5. The third kappa shape index (κ3) is 7.29. The summed E-state index contributed by atoms with van der Waals surface area (Å²) in [6, 6.07) is 15.2. The lowest BCUT2D eigenvalue weighted by Crippen LogP contribution is -2.26. The van der Waals surface area contributed by atoms with Crippen molar-refractivity contribution in [3.05, 3.63) is 59.8 Å². The van der Waals surface area contributed by atoms with Crippen molar-refractivity contribution in [3.8, 4) is 0 Å². The summed E-state index contributed by atoms with van der Waals surface area (Å²) in [7, 11) is 0. The Labute approximate surface area is 154 Å². The molecule has 1 heterocycles. The maximum atomic E-state index is 4.77. The zero-order valence-electron chi connectivity index (χ0n) is 16.1. The molecule has 1 aromatic carbocycles. The van der Waals surface area contributed by atoms with Crippen LogP contribution in [0.15, 0.2) is 48.7 Å². The van der Waals surface area contributed by atoms with Gasteiger partial charge in [0.05, 0.1) is 0 Å². The van der Waals surface area contributed by atoms with Gasteiger partial charge in [0.2, 0.25) is 0 Å². The first-order chi connectivity index (χ1) is 12.3. The van der Waals surface area contributed by atoms with Crippen LogP contribution in [0.4, 0.5) is 5.82 Å². The molecular formula is C23H34N2. The molecule has 25 heavy (non-hydrogen) atoms. The Morgan fingerprint density at radius 2 is 1.36 bits per heavy atom. The highest BCUT2D eigenvalue weighted by Crippen LogP contribution is 2.15. The van der Waals surface area contributed by atoms with Crippen molar-refractivity contribution in [2.75, 3.05) is 18.0 Å². The average molecular weight is 339 g/mol. The predicted molar refractivity (Wildman–Crippen MR) is 109 cm³/mol. The van der Waals surface area contributed by atoms with Crippen molar-refractivity contribution in [2.24, 2.45) is 0 Å². The molecule has 0 spiro atoms. The zero-order chi connectivity index (χ0) is 17.7. The molecule has 0 fully saturated rings. The molecule has 0 saturated carbocycles. The number of unbranched alkanes of at least 4 members (excludes halogenated alkanes) is 4. The molecule has 1 aromatic heterocycles. The summed E-state index contributed by atoms with van der Waals surface area (Å²) < 4.78 is 0. The molecule has 0 amide bonds. The molecule has 0 aliphatic heterocycles. The van der Waals surface area contributed by atoms with E-state index in [1.807, 2.05) is 0 Å². The summed E-state index contributed by atoms with van der Waals surface area (Å²) >= 11 is 0. The Balaban J connectivity index is 1.91. The minimum atomic E-state index is 1.06. The highest BCUT2D eigenvalue weighted by molar-refractivity contribution is 5.39. The fourth-order valence-corrected chi connectivity index (χ4v) is 3.13. The van der Waals surface area contributed by atoms with Gasteiger partial charge in [-0.1, -0.05) is 75.9 Å². The van der Waals surface area contributed by atoms with Gasteiger partial charge in [-0.2, -0.15) is 0 Å². The molecule has 0 bridgehead atoms. The first-order valence-electron chi connectivity index (χ1n) is 10.1. The van der Waals surface area contributed by atoms with Crippen LogP contribution in [0.5, 0.6) is 0 Å². The van der Waals surface area contributed by atoms with Crippen LogP contribution in [-0.4, -0.2) is 18.1 Å². The molecule has 0 N–H and O–H groups in total. The second-order valence-electron chi connectivity index (χ2n) is 6.91. The standard InChI is InChI=1S/C23H34N2/c1-3-5-10-18-25(19-11-6-4-2)23-17-16-22(20-24-23)15-14-21-12-8-7-9-13-21/h7-9,12-13,16-17,20H,3-6,10-11,14-15,18-19H2,1-2H3. The SMILES string of the molecule is CCCCCN(CCCCC)c1ccc(CCc2ccccc2)cn1. The van der Waals surface area contributed by atoms with Crippen LogP contribution in [-0.2, 0) is 12.8 Å². The van der Waals surface area contributed by atoms with Crippen LogP contribution < -0.4 is 4.90 Å². The number of anilines is 1. The summed E-state index contributed by atoms with van der Waals surface area (Å²) in [5.41, 5.74) is 2.72. The van der Waals surface area contributed by atoms with E-state index in [1.165, 1.54) is 49.7 Å². The Morgan fingerprint density at radius 1 is 0.720 bits per heavy atom. The van der Waals surface area contributed by atoms with Gasteiger partial charge >= 0.3 is 0 Å². The van der Waals surface area contributed by atoms with Crippen LogP contribution in [0, 0.1) is 0 Å². The van der Waals surface area contributed by atoms with Gasteiger partial charge in [0.1, 0.15) is 5.82 Å². The molecule has 0 saturated heterocycles. The van der Waals surface area contributed by atoms with E-state index in [-0.39, 0.29) is 0 Å². The summed E-state index contributed by atoms with van der Waals surface area (Å²) in [6.07, 6.45) is 11.9. The second kappa shape index (κ2) is 11.7. The van der Waals surface area contributed by atoms with Crippen molar-refractivity contribution < 1.29 is 0 Å². The van der Waals surface area contributed by atoms with Gasteiger partial charge in [0, 0.05) is 19.3 Å². The van der Waals surface area contributed by atoms with Crippen molar-refractivity contribution in [3.63, 3.8) is 0 Å². The fraction of sp³-hybridized carbons (Fsp3) is 0.522. The van der Waals surface area contributed by atoms with E-state index >= 15 is 0 Å². The van der Waals surface area contributed by atoms with Gasteiger partial charge in [-0.3, -0.25) is 0 Å². The highest BCUT2D eigenvalue weighted by atomic mass is 15.2. The van der Waals surface area contributed by atoms with E-state index < -0.39 is 0 Å². The molecule has 0 aliphatic carbocycles. The van der Waals surface area contributed by atoms with Gasteiger partial charge in [0.25, 0.3) is 0 Å². The maximum absolute atomic E-state index is 4.77. The largest absolute Gasteiger partial charge is 0.357 e. The fourth-order valence-electron chi connectivity index (χ4n) is 3.13. The molecule has 2 rings (SSSR count). The molecule has 0 aliphatic rings. The molecule has 2 nitrogen and oxygen atoms in total. The van der Waals surface area contributed by atoms with E-state index in [0.717, 1.165) is 31.7 Å². The number of rotatable bonds is 12. The number of nitrogens with zero attached hydrogens (tertiary/aromatic N) is 2. The number of hydrogen-bond acceptors (Lipinski definition) is 2. The summed E-state index contributed by atoms with van der Waals surface area (Å²) in [5.74, 6) is 1.15. The lowest BCUT2D eigenvalue weighted by atomic mass is 10.1. The molecule has 136 valence electrons. The van der Waals surface area contributed by atoms with Crippen LogP contribution in [0.1, 0.15) is 63.5 Å². The highest BCUT2D eigenvalue weighted by Gasteiger charge is 2.07. The van der Waals surface area contributed by atoms with Crippen LogP contribution in [0.25, 0.3) is 0 Å². The van der Waals surface area contributed by atoms with Crippen molar-refractivity contribution in [1.29, 1.82) is 0 Å². The summed E-state index contributed by atoms with van der Waals surface area (Å²) in [5, 5.41) is 0. The molecular weight excluding hydrogens is 304 g/mol. The van der Waals surface area contributed by atoms with Crippen LogP contribution in [0.3, 0.4) is 0 Å². The normalized spacial score (nSPS) is 10.8. The molecule has 0 atom stereocenters. The average Bonchev–Trinajstić information content (AvgIpc) is 2.67. The minimum absolute atomic E-state index is 1.06. The lowest BCUT2D eigenvalue weighted by Gasteiger charge is -2.24. The van der Waals surface area contributed by atoms with Gasteiger partial charge < -0.3 is 4.90 Å². The summed E-state index contributed by atoms with van der Waals surface area (Å²) in [4.78, 5) is 7.25. The van der Waals surface area contributed by atoms with Crippen molar-refractivity contribution in [1.82, 2.24) is 4.98 Å². The lowest BCUT2D eigenvalue weighted by molar-refractivity contribution is 0.631. The predicted octanol–water partition coefficient (Wildman–Crippen LogP) is 6.05. The topological polar surface area (TPSA) is 16.1 Å². The van der Waals surface area contributed by atoms with E-state index in [0.29, 0.717) is 0 Å². The third-order valence-corrected chi connectivity index (χ3v) is 4.74. The van der Waals surface area contributed by atoms with E-state index in [1.54, 1.807) is 0 Å². The Morgan fingerprint density at radius 3 is 1.92 bits per heavy atom. The van der Waals surface area contributed by atoms with Crippen molar-refractivity contribution >= 4 is 5.82 Å². The number of hydrogen-bond donors (Lipinski definition) is 0. The molecule has 0 unspecified atom stereocenters. The van der Waals surface area contributed by atoms with Crippen LogP contribution >= 0.6 is 0 Å². The van der Waals surface area contributed by atoms with Crippen molar-refractivity contribution in [2.45, 2.75) is 65.2 Å². The monoisotopic (exact) mass is 338 g/mol. The van der Waals surface area contributed by atoms with E-state index in [2.05, 4.69) is 67.4 Å². The van der Waals surface area contributed by atoms with Gasteiger partial charge in [-0.15, -0.1) is 0 Å². The minimum Gasteiger partial charge on any atom is -0.357 e.